The van der Waals surface area contributed by atoms with Crippen molar-refractivity contribution in [1.82, 2.24) is 0 Å². The molecule has 2 saturated carbocycles. The minimum atomic E-state index is -0.0462. The van der Waals surface area contributed by atoms with Gasteiger partial charge in [-0.25, -0.2) is 0 Å². The number of benzene rings is 1. The Morgan fingerprint density at radius 2 is 1.08 bits per heavy atom. The van der Waals surface area contributed by atoms with Crippen molar-refractivity contribution < 1.29 is 14.3 Å². The molecule has 0 spiro atoms. The highest BCUT2D eigenvalue weighted by molar-refractivity contribution is 5.75. The van der Waals surface area contributed by atoms with Crippen molar-refractivity contribution in [2.75, 3.05) is 6.61 Å². The standard InChI is InChI=1S/C34H56O3/c1-3-5-7-8-10-13-29-19-21-31(22-20-29)34(35)37-33-25-23-32(24-26-33)36-27-11-14-30-17-15-28(16-18-30)12-9-6-4-2/h23-26,28-31H,3-22,27H2,1-2H3/t28-,29-,30-,31-. The number of carbonyl (C=O) groups excluding carboxylic acids is 1. The Morgan fingerprint density at radius 1 is 0.622 bits per heavy atom. The minimum absolute atomic E-state index is 0.0462. The number of hydrogen-bond donors (Lipinski definition) is 0. The summed E-state index contributed by atoms with van der Waals surface area (Å²) in [5, 5.41) is 0. The first-order valence-corrected chi connectivity index (χ1v) is 16.1. The van der Waals surface area contributed by atoms with Crippen LogP contribution in [0.25, 0.3) is 0 Å². The smallest absolute Gasteiger partial charge is 0.314 e. The topological polar surface area (TPSA) is 35.5 Å². The summed E-state index contributed by atoms with van der Waals surface area (Å²) in [6.45, 7) is 5.34. The van der Waals surface area contributed by atoms with Crippen molar-refractivity contribution in [3.8, 4) is 11.5 Å². The Hall–Kier alpha value is -1.51. The highest BCUT2D eigenvalue weighted by atomic mass is 16.5. The molecule has 1 aromatic carbocycles. The molecule has 2 fully saturated rings. The molecule has 0 radical (unpaired) electrons. The molecule has 0 amide bonds. The third kappa shape index (κ3) is 11.8. The number of carbonyl (C=O) groups is 1. The van der Waals surface area contributed by atoms with E-state index in [4.69, 9.17) is 9.47 Å². The largest absolute Gasteiger partial charge is 0.494 e. The van der Waals surface area contributed by atoms with E-state index in [1.807, 2.05) is 24.3 Å². The van der Waals surface area contributed by atoms with Gasteiger partial charge in [-0.05, 0) is 80.5 Å². The molecule has 0 aliphatic heterocycles. The Labute approximate surface area is 228 Å². The zero-order valence-electron chi connectivity index (χ0n) is 24.2. The lowest BCUT2D eigenvalue weighted by molar-refractivity contribution is -0.140. The second kappa shape index (κ2) is 17.9. The van der Waals surface area contributed by atoms with Crippen molar-refractivity contribution in [3.05, 3.63) is 24.3 Å². The molecule has 2 aliphatic carbocycles. The molecule has 0 aromatic heterocycles. The lowest BCUT2D eigenvalue weighted by Crippen LogP contribution is -2.25. The Kier molecular flexibility index (Phi) is 14.5. The quantitative estimate of drug-likeness (QED) is 0.118. The molecule has 0 saturated heterocycles. The first kappa shape index (κ1) is 30.0. The van der Waals surface area contributed by atoms with Crippen LogP contribution in [0.5, 0.6) is 11.5 Å². The van der Waals surface area contributed by atoms with E-state index < -0.39 is 0 Å². The van der Waals surface area contributed by atoms with E-state index in [2.05, 4.69) is 13.8 Å². The van der Waals surface area contributed by atoms with Crippen molar-refractivity contribution in [2.45, 2.75) is 142 Å². The molecule has 0 bridgehead atoms. The maximum absolute atomic E-state index is 12.7. The lowest BCUT2D eigenvalue weighted by atomic mass is 9.78. The van der Waals surface area contributed by atoms with Gasteiger partial charge in [0, 0.05) is 0 Å². The first-order valence-electron chi connectivity index (χ1n) is 16.1. The van der Waals surface area contributed by atoms with Crippen molar-refractivity contribution >= 4 is 5.97 Å². The van der Waals surface area contributed by atoms with Gasteiger partial charge in [0.05, 0.1) is 12.5 Å². The van der Waals surface area contributed by atoms with Crippen LogP contribution in [-0.4, -0.2) is 12.6 Å². The zero-order valence-corrected chi connectivity index (χ0v) is 24.2. The van der Waals surface area contributed by atoms with Gasteiger partial charge in [-0.15, -0.1) is 0 Å². The summed E-state index contributed by atoms with van der Waals surface area (Å²) >= 11 is 0. The molecular weight excluding hydrogens is 456 g/mol. The Balaban J connectivity index is 1.24. The van der Waals surface area contributed by atoms with E-state index >= 15 is 0 Å². The van der Waals surface area contributed by atoms with Crippen LogP contribution in [-0.2, 0) is 4.79 Å². The SMILES string of the molecule is CCCCCCC[C@H]1CC[C@H](C(=O)Oc2ccc(OCCC[C@H]3CC[C@H](CCCCC)CC3)cc2)CC1. The predicted octanol–water partition coefficient (Wildman–Crippen LogP) is 10.3. The average molecular weight is 513 g/mol. The third-order valence-corrected chi connectivity index (χ3v) is 9.15. The third-order valence-electron chi connectivity index (χ3n) is 9.15. The normalized spacial score (nSPS) is 24.1. The summed E-state index contributed by atoms with van der Waals surface area (Å²) in [5.74, 6) is 4.24. The average Bonchev–Trinajstić information content (AvgIpc) is 2.93. The fourth-order valence-electron chi connectivity index (χ4n) is 6.58. The van der Waals surface area contributed by atoms with Crippen LogP contribution >= 0.6 is 0 Å². The van der Waals surface area contributed by atoms with Gasteiger partial charge >= 0.3 is 5.97 Å². The van der Waals surface area contributed by atoms with Crippen LogP contribution in [0.15, 0.2) is 24.3 Å². The van der Waals surface area contributed by atoms with E-state index in [1.54, 1.807) is 0 Å². The molecule has 0 N–H and O–H groups in total. The summed E-state index contributed by atoms with van der Waals surface area (Å²) in [5.41, 5.74) is 0. The number of esters is 1. The highest BCUT2D eigenvalue weighted by Crippen LogP contribution is 2.35. The number of hydrogen-bond acceptors (Lipinski definition) is 3. The molecule has 2 aliphatic rings. The molecule has 210 valence electrons. The maximum Gasteiger partial charge on any atom is 0.314 e. The predicted molar refractivity (Wildman–Crippen MR) is 155 cm³/mol. The second-order valence-electron chi connectivity index (χ2n) is 12.2. The van der Waals surface area contributed by atoms with Crippen LogP contribution in [0.1, 0.15) is 142 Å². The molecule has 0 heterocycles. The summed E-state index contributed by atoms with van der Waals surface area (Å²) in [6.07, 6.45) is 26.2. The number of unbranched alkanes of at least 4 members (excludes halogenated alkanes) is 6. The molecule has 3 heteroatoms. The van der Waals surface area contributed by atoms with Crippen LogP contribution in [0.4, 0.5) is 0 Å². The summed E-state index contributed by atoms with van der Waals surface area (Å²) in [7, 11) is 0. The fraction of sp³-hybridized carbons (Fsp3) is 0.794. The first-order chi connectivity index (χ1) is 18.2. The van der Waals surface area contributed by atoms with Gasteiger partial charge in [0.25, 0.3) is 0 Å². The zero-order chi connectivity index (χ0) is 26.1. The van der Waals surface area contributed by atoms with Crippen LogP contribution in [0.2, 0.25) is 0 Å². The van der Waals surface area contributed by atoms with Crippen LogP contribution in [0.3, 0.4) is 0 Å². The monoisotopic (exact) mass is 512 g/mol. The molecular formula is C34H56O3. The van der Waals surface area contributed by atoms with E-state index in [1.165, 1.54) is 109 Å². The highest BCUT2D eigenvalue weighted by Gasteiger charge is 2.27. The van der Waals surface area contributed by atoms with Crippen molar-refractivity contribution in [3.63, 3.8) is 0 Å². The molecule has 1 aromatic rings. The van der Waals surface area contributed by atoms with Crippen LogP contribution < -0.4 is 9.47 Å². The van der Waals surface area contributed by atoms with Gasteiger partial charge in [-0.3, -0.25) is 4.79 Å². The van der Waals surface area contributed by atoms with Gasteiger partial charge in [-0.1, -0.05) is 104 Å². The van der Waals surface area contributed by atoms with Gasteiger partial charge in [0.15, 0.2) is 0 Å². The minimum Gasteiger partial charge on any atom is -0.494 e. The van der Waals surface area contributed by atoms with Crippen molar-refractivity contribution in [2.24, 2.45) is 23.7 Å². The molecule has 37 heavy (non-hydrogen) atoms. The van der Waals surface area contributed by atoms with Crippen molar-refractivity contribution in [1.29, 1.82) is 0 Å². The Bertz CT molecular complexity index is 711. The molecule has 3 rings (SSSR count). The molecule has 3 nitrogen and oxygen atoms in total. The van der Waals surface area contributed by atoms with Gasteiger partial charge in [0.2, 0.25) is 0 Å². The van der Waals surface area contributed by atoms with Crippen LogP contribution in [0, 0.1) is 23.7 Å². The summed E-state index contributed by atoms with van der Waals surface area (Å²) in [4.78, 5) is 12.7. The van der Waals surface area contributed by atoms with E-state index in [-0.39, 0.29) is 11.9 Å². The maximum atomic E-state index is 12.7. The summed E-state index contributed by atoms with van der Waals surface area (Å²) in [6, 6.07) is 7.66. The number of rotatable bonds is 17. The summed E-state index contributed by atoms with van der Waals surface area (Å²) < 4.78 is 11.7. The van der Waals surface area contributed by atoms with E-state index in [0.29, 0.717) is 5.75 Å². The fourth-order valence-corrected chi connectivity index (χ4v) is 6.58. The second-order valence-corrected chi connectivity index (χ2v) is 12.2. The van der Waals surface area contributed by atoms with E-state index in [9.17, 15) is 4.79 Å². The van der Waals surface area contributed by atoms with Gasteiger partial charge in [0.1, 0.15) is 11.5 Å². The van der Waals surface area contributed by atoms with E-state index in [0.717, 1.165) is 49.4 Å². The van der Waals surface area contributed by atoms with Gasteiger partial charge < -0.3 is 9.47 Å². The molecule has 0 unspecified atom stereocenters. The Morgan fingerprint density at radius 3 is 1.68 bits per heavy atom. The van der Waals surface area contributed by atoms with Gasteiger partial charge in [-0.2, -0.15) is 0 Å². The molecule has 0 atom stereocenters. The number of ether oxygens (including phenoxy) is 2. The lowest BCUT2D eigenvalue weighted by Gasteiger charge is -2.28.